The van der Waals surface area contributed by atoms with E-state index in [1.54, 1.807) is 6.92 Å². The third kappa shape index (κ3) is 6.27. The SMILES string of the molecule is CC[C@H](C(=O)Nc1nnc(SCC(=O)OC)s1)N(c1ccc(F)c(Cl)c1)S(C)(=O)=O. The molecule has 1 heterocycles. The summed E-state index contributed by atoms with van der Waals surface area (Å²) in [4.78, 5) is 24.0. The van der Waals surface area contributed by atoms with Gasteiger partial charge in [-0.25, -0.2) is 12.8 Å². The van der Waals surface area contributed by atoms with Gasteiger partial charge in [-0.05, 0) is 24.6 Å². The van der Waals surface area contributed by atoms with Gasteiger partial charge in [0.05, 0.1) is 29.8 Å². The molecule has 0 saturated carbocycles. The summed E-state index contributed by atoms with van der Waals surface area (Å²) in [5, 5.41) is 10.1. The van der Waals surface area contributed by atoms with Crippen LogP contribution in [0.2, 0.25) is 5.02 Å². The highest BCUT2D eigenvalue weighted by molar-refractivity contribution is 8.01. The summed E-state index contributed by atoms with van der Waals surface area (Å²) in [6.07, 6.45) is 1.06. The molecule has 0 spiro atoms. The second-order valence-electron chi connectivity index (χ2n) is 5.81. The number of halogens is 2. The standard InChI is InChI=1S/C16H18ClFN4O5S3/c1-4-12(22(30(3,25)26)9-5-6-11(18)10(17)7-9)14(24)19-15-20-21-16(29-15)28-8-13(23)27-2/h5-7,12H,4,8H2,1-3H3,(H,19,20,24)/t12-/m1/s1. The number of aromatic nitrogens is 2. The molecular formula is C16H18ClFN4O5S3. The van der Waals surface area contributed by atoms with Crippen molar-refractivity contribution in [2.24, 2.45) is 0 Å². The first kappa shape index (κ1) is 24.3. The quantitative estimate of drug-likeness (QED) is 0.320. The molecule has 30 heavy (non-hydrogen) atoms. The third-order valence-electron chi connectivity index (χ3n) is 3.67. The number of ether oxygens (including phenoxy) is 1. The average molecular weight is 497 g/mol. The molecule has 0 saturated heterocycles. The van der Waals surface area contributed by atoms with Crippen molar-refractivity contribution < 1.29 is 27.1 Å². The number of methoxy groups -OCH3 is 1. The molecule has 0 aliphatic carbocycles. The number of nitrogens with zero attached hydrogens (tertiary/aromatic N) is 3. The van der Waals surface area contributed by atoms with E-state index in [2.05, 4.69) is 20.3 Å². The first-order chi connectivity index (χ1) is 14.1. The van der Waals surface area contributed by atoms with E-state index in [1.807, 2.05) is 0 Å². The van der Waals surface area contributed by atoms with Crippen LogP contribution in [-0.4, -0.2) is 55.7 Å². The summed E-state index contributed by atoms with van der Waals surface area (Å²) in [6.45, 7) is 1.63. The number of hydrogen-bond acceptors (Lipinski definition) is 9. The Kier molecular flexibility index (Phi) is 8.41. The van der Waals surface area contributed by atoms with Crippen LogP contribution in [0.25, 0.3) is 0 Å². The van der Waals surface area contributed by atoms with E-state index in [1.165, 1.54) is 13.2 Å². The minimum absolute atomic E-state index is 0.0316. The lowest BCUT2D eigenvalue weighted by molar-refractivity contribution is -0.137. The van der Waals surface area contributed by atoms with Crippen molar-refractivity contribution in [3.8, 4) is 0 Å². The van der Waals surface area contributed by atoms with E-state index in [-0.39, 0.29) is 28.0 Å². The Bertz CT molecular complexity index is 1030. The molecule has 0 aliphatic heterocycles. The van der Waals surface area contributed by atoms with Crippen molar-refractivity contribution in [3.63, 3.8) is 0 Å². The van der Waals surface area contributed by atoms with Gasteiger partial charge in [-0.1, -0.05) is 41.6 Å². The Hall–Kier alpha value is -1.96. The molecule has 0 radical (unpaired) electrons. The Morgan fingerprint density at radius 1 is 1.40 bits per heavy atom. The van der Waals surface area contributed by atoms with E-state index in [0.29, 0.717) is 4.34 Å². The van der Waals surface area contributed by atoms with Crippen LogP contribution in [0.3, 0.4) is 0 Å². The number of hydrogen-bond donors (Lipinski definition) is 1. The molecule has 2 aromatic rings. The largest absolute Gasteiger partial charge is 0.468 e. The van der Waals surface area contributed by atoms with E-state index >= 15 is 0 Å². The smallest absolute Gasteiger partial charge is 0.316 e. The second kappa shape index (κ2) is 10.4. The number of carbonyl (C=O) groups excluding carboxylic acids is 2. The molecule has 1 amide bonds. The van der Waals surface area contributed by atoms with Crippen molar-refractivity contribution in [2.45, 2.75) is 23.7 Å². The van der Waals surface area contributed by atoms with Gasteiger partial charge in [-0.3, -0.25) is 19.2 Å². The van der Waals surface area contributed by atoms with Crippen LogP contribution in [0, 0.1) is 5.82 Å². The van der Waals surface area contributed by atoms with E-state index in [4.69, 9.17) is 11.6 Å². The highest BCUT2D eigenvalue weighted by Gasteiger charge is 2.32. The Labute approximate surface area is 186 Å². The minimum Gasteiger partial charge on any atom is -0.468 e. The molecule has 2 rings (SSSR count). The minimum atomic E-state index is -3.91. The molecule has 1 aromatic carbocycles. The number of nitrogens with one attached hydrogen (secondary N) is 1. The molecule has 0 aliphatic rings. The Morgan fingerprint density at radius 2 is 2.10 bits per heavy atom. The molecular weight excluding hydrogens is 479 g/mol. The lowest BCUT2D eigenvalue weighted by Gasteiger charge is -2.29. The van der Waals surface area contributed by atoms with Gasteiger partial charge in [0.2, 0.25) is 21.1 Å². The Balaban J connectivity index is 2.23. The highest BCUT2D eigenvalue weighted by atomic mass is 35.5. The number of thioether (sulfide) groups is 1. The molecule has 0 bridgehead atoms. The first-order valence-corrected chi connectivity index (χ1v) is 12.4. The summed E-state index contributed by atoms with van der Waals surface area (Å²) in [5.41, 5.74) is 0.0532. The zero-order chi connectivity index (χ0) is 22.5. The number of esters is 1. The molecule has 1 aromatic heterocycles. The van der Waals surface area contributed by atoms with Crippen LogP contribution in [0.1, 0.15) is 13.3 Å². The van der Waals surface area contributed by atoms with E-state index < -0.39 is 33.8 Å². The van der Waals surface area contributed by atoms with E-state index in [0.717, 1.165) is 45.8 Å². The van der Waals surface area contributed by atoms with Crippen molar-refractivity contribution >= 4 is 67.4 Å². The van der Waals surface area contributed by atoms with Crippen LogP contribution < -0.4 is 9.62 Å². The Morgan fingerprint density at radius 3 is 2.67 bits per heavy atom. The molecule has 9 nitrogen and oxygen atoms in total. The second-order valence-corrected chi connectivity index (χ2v) is 10.3. The van der Waals surface area contributed by atoms with Gasteiger partial charge < -0.3 is 4.74 Å². The molecule has 164 valence electrons. The summed E-state index contributed by atoms with van der Waals surface area (Å²) in [6, 6.07) is 2.25. The lowest BCUT2D eigenvalue weighted by Crippen LogP contribution is -2.47. The first-order valence-electron chi connectivity index (χ1n) is 8.35. The summed E-state index contributed by atoms with van der Waals surface area (Å²) >= 11 is 7.89. The van der Waals surface area contributed by atoms with Gasteiger partial charge in [-0.15, -0.1) is 10.2 Å². The van der Waals surface area contributed by atoms with Crippen LogP contribution in [0.5, 0.6) is 0 Å². The summed E-state index contributed by atoms with van der Waals surface area (Å²) < 4.78 is 44.1. The monoisotopic (exact) mass is 496 g/mol. The number of carbonyl (C=O) groups is 2. The summed E-state index contributed by atoms with van der Waals surface area (Å²) in [7, 11) is -2.64. The fourth-order valence-corrected chi connectivity index (χ4v) is 5.34. The molecule has 1 atom stereocenters. The van der Waals surface area contributed by atoms with Gasteiger partial charge in [0.15, 0.2) is 4.34 Å². The zero-order valence-electron chi connectivity index (χ0n) is 16.1. The zero-order valence-corrected chi connectivity index (χ0v) is 19.3. The summed E-state index contributed by atoms with van der Waals surface area (Å²) in [5.74, 6) is -1.76. The topological polar surface area (TPSA) is 119 Å². The average Bonchev–Trinajstić information content (AvgIpc) is 3.12. The molecule has 1 N–H and O–H groups in total. The third-order valence-corrected chi connectivity index (χ3v) is 7.08. The van der Waals surface area contributed by atoms with Crippen molar-refractivity contribution in [1.29, 1.82) is 0 Å². The van der Waals surface area contributed by atoms with Gasteiger partial charge in [-0.2, -0.15) is 0 Å². The number of sulfonamides is 1. The number of benzene rings is 1. The van der Waals surface area contributed by atoms with Crippen molar-refractivity contribution in [1.82, 2.24) is 10.2 Å². The molecule has 14 heteroatoms. The maximum atomic E-state index is 13.5. The normalized spacial score (nSPS) is 12.3. The van der Waals surface area contributed by atoms with E-state index in [9.17, 15) is 22.4 Å². The van der Waals surface area contributed by atoms with Gasteiger partial charge in [0.1, 0.15) is 11.9 Å². The van der Waals surface area contributed by atoms with Crippen LogP contribution in [0.15, 0.2) is 22.5 Å². The number of amides is 1. The maximum absolute atomic E-state index is 13.5. The van der Waals surface area contributed by atoms with Gasteiger partial charge >= 0.3 is 5.97 Å². The number of anilines is 2. The predicted octanol–water partition coefficient (Wildman–Crippen LogP) is 2.78. The maximum Gasteiger partial charge on any atom is 0.316 e. The predicted molar refractivity (Wildman–Crippen MR) is 114 cm³/mol. The highest BCUT2D eigenvalue weighted by Crippen LogP contribution is 2.29. The van der Waals surface area contributed by atoms with Crippen LogP contribution in [0.4, 0.5) is 15.2 Å². The number of rotatable bonds is 9. The fraction of sp³-hybridized carbons (Fsp3) is 0.375. The molecule has 0 unspecified atom stereocenters. The van der Waals surface area contributed by atoms with Gasteiger partial charge in [0, 0.05) is 0 Å². The van der Waals surface area contributed by atoms with Crippen molar-refractivity contribution in [2.75, 3.05) is 28.7 Å². The lowest BCUT2D eigenvalue weighted by atomic mass is 10.2. The molecule has 0 fully saturated rings. The fourth-order valence-electron chi connectivity index (χ4n) is 2.37. The van der Waals surface area contributed by atoms with Crippen LogP contribution in [-0.2, 0) is 24.3 Å². The van der Waals surface area contributed by atoms with Gasteiger partial charge in [0.25, 0.3) is 0 Å². The van der Waals surface area contributed by atoms with Crippen LogP contribution >= 0.6 is 34.7 Å². The van der Waals surface area contributed by atoms with Crippen molar-refractivity contribution in [3.05, 3.63) is 29.0 Å².